The summed E-state index contributed by atoms with van der Waals surface area (Å²) in [5.41, 5.74) is 0.176. The van der Waals surface area contributed by atoms with Crippen molar-refractivity contribution in [2.75, 3.05) is 6.61 Å². The van der Waals surface area contributed by atoms with Crippen molar-refractivity contribution in [3.8, 4) is 5.75 Å². The van der Waals surface area contributed by atoms with Gasteiger partial charge in [0.25, 0.3) is 0 Å². The van der Waals surface area contributed by atoms with Crippen LogP contribution in [0.1, 0.15) is 19.8 Å². The normalized spacial score (nSPS) is 10.7. The average Bonchev–Trinajstić information content (AvgIpc) is 2.31. The number of fused-ring (bicyclic) bond motifs is 1. The second-order valence-corrected chi connectivity index (χ2v) is 4.64. The summed E-state index contributed by atoms with van der Waals surface area (Å²) in [4.78, 5) is 11.4. The summed E-state index contributed by atoms with van der Waals surface area (Å²) in [6.07, 6.45) is 2.11. The van der Waals surface area contributed by atoms with Gasteiger partial charge in [-0.3, -0.25) is 0 Å². The first-order chi connectivity index (χ1) is 8.20. The lowest BCUT2D eigenvalue weighted by molar-refractivity contribution is 0.309. The molecular weight excluding hydrogens is 284 g/mol. The van der Waals surface area contributed by atoms with Crippen molar-refractivity contribution < 1.29 is 9.15 Å². The highest BCUT2D eigenvalue weighted by Crippen LogP contribution is 2.22. The third-order valence-corrected chi connectivity index (χ3v) is 2.98. The van der Waals surface area contributed by atoms with E-state index in [2.05, 4.69) is 22.9 Å². The molecule has 2 rings (SSSR count). The molecule has 1 aromatic heterocycles. The molecule has 0 radical (unpaired) electrons. The Morgan fingerprint density at radius 2 is 2.18 bits per heavy atom. The van der Waals surface area contributed by atoms with Crippen molar-refractivity contribution in [1.29, 1.82) is 0 Å². The van der Waals surface area contributed by atoms with Crippen molar-refractivity contribution in [2.24, 2.45) is 0 Å². The maximum Gasteiger partial charge on any atom is 0.350 e. The summed E-state index contributed by atoms with van der Waals surface area (Å²) in [5, 5.41) is 0.874. The zero-order valence-corrected chi connectivity index (χ0v) is 11.1. The van der Waals surface area contributed by atoms with Gasteiger partial charge in [-0.15, -0.1) is 0 Å². The van der Waals surface area contributed by atoms with Crippen molar-refractivity contribution in [2.45, 2.75) is 19.8 Å². The number of unbranched alkanes of at least 4 members (excludes halogenated alkanes) is 1. The predicted molar refractivity (Wildman–Crippen MR) is 70.6 cm³/mol. The molecule has 0 N–H and O–H groups in total. The van der Waals surface area contributed by atoms with Crippen LogP contribution in [-0.4, -0.2) is 6.61 Å². The Kier molecular flexibility index (Phi) is 3.84. The topological polar surface area (TPSA) is 39.4 Å². The zero-order valence-electron chi connectivity index (χ0n) is 9.53. The largest absolute Gasteiger partial charge is 0.493 e. The highest BCUT2D eigenvalue weighted by atomic mass is 79.9. The van der Waals surface area contributed by atoms with Crippen LogP contribution in [0.25, 0.3) is 11.0 Å². The molecule has 0 atom stereocenters. The first-order valence-corrected chi connectivity index (χ1v) is 6.36. The molecule has 0 amide bonds. The summed E-state index contributed by atoms with van der Waals surface area (Å²) >= 11 is 3.15. The quantitative estimate of drug-likeness (QED) is 0.637. The van der Waals surface area contributed by atoms with Gasteiger partial charge in [0.1, 0.15) is 15.8 Å². The lowest BCUT2D eigenvalue weighted by atomic mass is 10.2. The molecule has 0 saturated carbocycles. The number of rotatable bonds is 4. The standard InChI is InChI=1S/C13H13BrO3/c1-2-3-6-16-10-5-4-9-7-11(14)13(15)17-12(9)8-10/h4-5,7-8H,2-3,6H2,1H3. The van der Waals surface area contributed by atoms with Crippen LogP contribution in [0.15, 0.2) is 37.9 Å². The van der Waals surface area contributed by atoms with Gasteiger partial charge in [-0.1, -0.05) is 13.3 Å². The Hall–Kier alpha value is -1.29. The summed E-state index contributed by atoms with van der Waals surface area (Å²) in [7, 11) is 0. The number of hydrogen-bond donors (Lipinski definition) is 0. The van der Waals surface area contributed by atoms with Gasteiger partial charge in [-0.2, -0.15) is 0 Å². The van der Waals surface area contributed by atoms with Crippen LogP contribution < -0.4 is 10.4 Å². The maximum absolute atomic E-state index is 11.4. The van der Waals surface area contributed by atoms with Crippen molar-refractivity contribution >= 4 is 26.9 Å². The molecule has 4 heteroatoms. The number of hydrogen-bond acceptors (Lipinski definition) is 3. The monoisotopic (exact) mass is 296 g/mol. The van der Waals surface area contributed by atoms with Crippen LogP contribution in [0, 0.1) is 0 Å². The van der Waals surface area contributed by atoms with E-state index in [4.69, 9.17) is 9.15 Å². The Labute approximate surface area is 108 Å². The zero-order chi connectivity index (χ0) is 12.3. The molecule has 0 aliphatic heterocycles. The summed E-state index contributed by atoms with van der Waals surface area (Å²) in [6.45, 7) is 2.79. The van der Waals surface area contributed by atoms with Crippen LogP contribution in [0.5, 0.6) is 5.75 Å². The van der Waals surface area contributed by atoms with E-state index < -0.39 is 0 Å². The first kappa shape index (κ1) is 12.2. The molecule has 0 fully saturated rings. The molecule has 0 saturated heterocycles. The number of ether oxygens (including phenoxy) is 1. The lowest BCUT2D eigenvalue weighted by Gasteiger charge is -2.05. The van der Waals surface area contributed by atoms with Crippen molar-refractivity contribution in [3.05, 3.63) is 39.2 Å². The summed E-state index contributed by atoms with van der Waals surface area (Å²) in [6, 6.07) is 7.25. The van der Waals surface area contributed by atoms with E-state index in [1.165, 1.54) is 0 Å². The summed E-state index contributed by atoms with van der Waals surface area (Å²) < 4.78 is 11.1. The van der Waals surface area contributed by atoms with Gasteiger partial charge in [-0.05, 0) is 40.5 Å². The predicted octanol–water partition coefficient (Wildman–Crippen LogP) is 3.73. The van der Waals surface area contributed by atoms with Gasteiger partial charge in [0.15, 0.2) is 0 Å². The van der Waals surface area contributed by atoms with Crippen molar-refractivity contribution in [3.63, 3.8) is 0 Å². The third kappa shape index (κ3) is 2.88. The fourth-order valence-corrected chi connectivity index (χ4v) is 1.82. The fourth-order valence-electron chi connectivity index (χ4n) is 1.49. The van der Waals surface area contributed by atoms with E-state index in [1.54, 1.807) is 12.1 Å². The second-order valence-electron chi connectivity index (χ2n) is 3.78. The Morgan fingerprint density at radius 3 is 2.94 bits per heavy atom. The first-order valence-electron chi connectivity index (χ1n) is 5.57. The molecule has 1 heterocycles. The third-order valence-electron chi connectivity index (χ3n) is 2.43. The maximum atomic E-state index is 11.4. The Morgan fingerprint density at radius 1 is 1.35 bits per heavy atom. The molecule has 17 heavy (non-hydrogen) atoms. The van der Waals surface area contributed by atoms with Gasteiger partial charge in [0.2, 0.25) is 0 Å². The highest BCUT2D eigenvalue weighted by Gasteiger charge is 2.03. The van der Waals surface area contributed by atoms with Crippen molar-refractivity contribution in [1.82, 2.24) is 0 Å². The molecule has 90 valence electrons. The molecular formula is C13H13BrO3. The van der Waals surface area contributed by atoms with Gasteiger partial charge >= 0.3 is 5.63 Å². The van der Waals surface area contributed by atoms with E-state index in [0.717, 1.165) is 24.0 Å². The van der Waals surface area contributed by atoms with E-state index in [1.807, 2.05) is 12.1 Å². The van der Waals surface area contributed by atoms with E-state index in [-0.39, 0.29) is 5.63 Å². The number of halogens is 1. The van der Waals surface area contributed by atoms with E-state index >= 15 is 0 Å². The minimum Gasteiger partial charge on any atom is -0.493 e. The minimum absolute atomic E-state index is 0.372. The van der Waals surface area contributed by atoms with Crippen LogP contribution >= 0.6 is 15.9 Å². The van der Waals surface area contributed by atoms with Crippen LogP contribution in [0.2, 0.25) is 0 Å². The SMILES string of the molecule is CCCCOc1ccc2cc(Br)c(=O)oc2c1. The van der Waals surface area contributed by atoms with E-state index in [9.17, 15) is 4.79 Å². The van der Waals surface area contributed by atoms with Crippen LogP contribution in [0.4, 0.5) is 0 Å². The minimum atomic E-state index is -0.372. The van der Waals surface area contributed by atoms with Gasteiger partial charge < -0.3 is 9.15 Å². The van der Waals surface area contributed by atoms with Gasteiger partial charge in [-0.25, -0.2) is 4.79 Å². The molecule has 1 aromatic carbocycles. The second kappa shape index (κ2) is 5.36. The average molecular weight is 297 g/mol. The molecule has 0 aliphatic carbocycles. The molecule has 0 aliphatic rings. The summed E-state index contributed by atoms with van der Waals surface area (Å²) in [5.74, 6) is 0.733. The Balaban J connectivity index is 2.30. The molecule has 0 spiro atoms. The van der Waals surface area contributed by atoms with Gasteiger partial charge in [0.05, 0.1) is 6.61 Å². The molecule has 3 nitrogen and oxygen atoms in total. The van der Waals surface area contributed by atoms with Gasteiger partial charge in [0, 0.05) is 11.5 Å². The van der Waals surface area contributed by atoms with E-state index in [0.29, 0.717) is 16.7 Å². The van der Waals surface area contributed by atoms with Crippen LogP contribution in [-0.2, 0) is 0 Å². The highest BCUT2D eigenvalue weighted by molar-refractivity contribution is 9.10. The lowest BCUT2D eigenvalue weighted by Crippen LogP contribution is -1.99. The molecule has 0 unspecified atom stereocenters. The smallest absolute Gasteiger partial charge is 0.350 e. The molecule has 2 aromatic rings. The molecule has 0 bridgehead atoms. The van der Waals surface area contributed by atoms with Crippen LogP contribution in [0.3, 0.4) is 0 Å². The number of benzene rings is 1. The Bertz CT molecular complexity index is 574. The fraction of sp³-hybridized carbons (Fsp3) is 0.308.